The van der Waals surface area contributed by atoms with E-state index < -0.39 is 0 Å². The lowest BCUT2D eigenvalue weighted by Gasteiger charge is -2.12. The predicted octanol–water partition coefficient (Wildman–Crippen LogP) is 0.221. The van der Waals surface area contributed by atoms with Gasteiger partial charge in [-0.15, -0.1) is 11.3 Å². The van der Waals surface area contributed by atoms with Crippen molar-refractivity contribution in [1.29, 1.82) is 0 Å². The Balaban J connectivity index is 2.54. The fourth-order valence-electron chi connectivity index (χ4n) is 1.38. The average molecular weight is 313 g/mol. The molecule has 0 spiro atoms. The van der Waals surface area contributed by atoms with Gasteiger partial charge in [-0.2, -0.15) is 0 Å². The fourth-order valence-corrected chi connectivity index (χ4v) is 2.10. The van der Waals surface area contributed by atoms with E-state index in [2.05, 4.69) is 20.6 Å². The second kappa shape index (κ2) is 9.30. The number of hydrogen-bond donors (Lipinski definition) is 2. The van der Waals surface area contributed by atoms with Gasteiger partial charge in [-0.1, -0.05) is 0 Å². The second-order valence-electron chi connectivity index (χ2n) is 4.59. The first-order valence-corrected chi connectivity index (χ1v) is 7.47. The lowest BCUT2D eigenvalue weighted by atomic mass is 10.5. The van der Waals surface area contributed by atoms with Crippen LogP contribution >= 0.6 is 11.3 Å². The van der Waals surface area contributed by atoms with Gasteiger partial charge in [-0.3, -0.25) is 4.79 Å². The van der Waals surface area contributed by atoms with E-state index in [1.165, 1.54) is 9.78 Å². The number of aryl methyl sites for hydroxylation is 1. The van der Waals surface area contributed by atoms with E-state index in [-0.39, 0.29) is 12.5 Å². The van der Waals surface area contributed by atoms with Crippen molar-refractivity contribution < 1.29 is 9.53 Å². The van der Waals surface area contributed by atoms with E-state index in [4.69, 9.17) is 4.74 Å². The summed E-state index contributed by atoms with van der Waals surface area (Å²) in [6.45, 7) is 3.89. The average Bonchev–Trinajstić information content (AvgIpc) is 2.86. The molecule has 0 unspecified atom stereocenters. The number of thiazole rings is 1. The summed E-state index contributed by atoms with van der Waals surface area (Å²) in [6, 6.07) is 0. The molecule has 0 bridgehead atoms. The van der Waals surface area contributed by atoms with Crippen LogP contribution in [0.2, 0.25) is 0 Å². The molecule has 1 amide bonds. The number of likely N-dealkylation sites (N-methyl/N-ethyl adjacent to an activating group) is 1. The Morgan fingerprint density at radius 3 is 2.81 bits per heavy atom. The third-order valence-corrected chi connectivity index (χ3v) is 3.46. The fraction of sp³-hybridized carbons (Fsp3) is 0.615. The highest BCUT2D eigenvalue weighted by Crippen LogP contribution is 2.10. The van der Waals surface area contributed by atoms with Crippen molar-refractivity contribution in [2.75, 3.05) is 40.9 Å². The van der Waals surface area contributed by atoms with E-state index in [1.54, 1.807) is 32.5 Å². The number of hydrogen-bond acceptors (Lipinski definition) is 5. The zero-order chi connectivity index (χ0) is 15.7. The van der Waals surface area contributed by atoms with Crippen molar-refractivity contribution in [2.24, 2.45) is 4.99 Å². The number of nitrogens with zero attached hydrogens (tertiary/aromatic N) is 3. The molecule has 0 saturated heterocycles. The van der Waals surface area contributed by atoms with Crippen LogP contribution in [-0.2, 0) is 16.1 Å². The molecule has 0 fully saturated rings. The molecule has 0 radical (unpaired) electrons. The molecule has 1 heterocycles. The molecule has 7 nitrogen and oxygen atoms in total. The highest BCUT2D eigenvalue weighted by Gasteiger charge is 2.05. The quantitative estimate of drug-likeness (QED) is 0.428. The summed E-state index contributed by atoms with van der Waals surface area (Å²) in [5.74, 6) is 0.531. The monoisotopic (exact) mass is 313 g/mol. The predicted molar refractivity (Wildman–Crippen MR) is 84.6 cm³/mol. The van der Waals surface area contributed by atoms with Crippen LogP contribution in [0.5, 0.6) is 0 Å². The second-order valence-corrected chi connectivity index (χ2v) is 5.91. The number of guanidine groups is 1. The van der Waals surface area contributed by atoms with Crippen molar-refractivity contribution in [2.45, 2.75) is 13.5 Å². The SMILES string of the molecule is COCCNC(=NCC(=O)N(C)C)NCc1ncc(C)s1. The first-order valence-electron chi connectivity index (χ1n) is 6.65. The number of aliphatic imine (C=N–C) groups is 1. The van der Waals surface area contributed by atoms with Crippen molar-refractivity contribution in [3.8, 4) is 0 Å². The Bertz CT molecular complexity index is 473. The molecule has 0 saturated carbocycles. The number of carbonyl (C=O) groups excluding carboxylic acids is 1. The maximum atomic E-state index is 11.6. The number of nitrogens with one attached hydrogen (secondary N) is 2. The highest BCUT2D eigenvalue weighted by atomic mass is 32.1. The third kappa shape index (κ3) is 7.05. The molecule has 1 rings (SSSR count). The van der Waals surface area contributed by atoms with Crippen LogP contribution in [0.1, 0.15) is 9.88 Å². The molecular weight excluding hydrogens is 290 g/mol. The molecular formula is C13H23N5O2S. The first kappa shape index (κ1) is 17.4. The van der Waals surface area contributed by atoms with Crippen LogP contribution in [0.4, 0.5) is 0 Å². The van der Waals surface area contributed by atoms with Gasteiger partial charge >= 0.3 is 0 Å². The van der Waals surface area contributed by atoms with Gasteiger partial charge in [0.15, 0.2) is 5.96 Å². The zero-order valence-electron chi connectivity index (χ0n) is 13.0. The standard InChI is InChI=1S/C13H23N5O2S/c1-10-7-15-11(21-10)8-16-13(14-5-6-20-4)17-9-12(19)18(2)3/h7H,5-6,8-9H2,1-4H3,(H2,14,16,17). The molecule has 2 N–H and O–H groups in total. The summed E-state index contributed by atoms with van der Waals surface area (Å²) >= 11 is 1.63. The van der Waals surface area contributed by atoms with E-state index >= 15 is 0 Å². The van der Waals surface area contributed by atoms with Gasteiger partial charge < -0.3 is 20.3 Å². The molecule has 0 aliphatic heterocycles. The highest BCUT2D eigenvalue weighted by molar-refractivity contribution is 7.11. The largest absolute Gasteiger partial charge is 0.383 e. The van der Waals surface area contributed by atoms with Gasteiger partial charge in [-0.25, -0.2) is 9.98 Å². The molecule has 21 heavy (non-hydrogen) atoms. The van der Waals surface area contributed by atoms with Crippen LogP contribution in [0.3, 0.4) is 0 Å². The Labute approximate surface area is 129 Å². The summed E-state index contributed by atoms with van der Waals surface area (Å²) in [4.78, 5) is 22.8. The number of methoxy groups -OCH3 is 1. The van der Waals surface area contributed by atoms with Crippen molar-refractivity contribution in [3.05, 3.63) is 16.1 Å². The first-order chi connectivity index (χ1) is 10.0. The van der Waals surface area contributed by atoms with Crippen molar-refractivity contribution >= 4 is 23.2 Å². The van der Waals surface area contributed by atoms with E-state index in [1.807, 2.05) is 13.1 Å². The van der Waals surface area contributed by atoms with Gasteiger partial charge in [0.25, 0.3) is 0 Å². The number of amides is 1. The number of aromatic nitrogens is 1. The van der Waals surface area contributed by atoms with Crippen LogP contribution in [0.25, 0.3) is 0 Å². The normalized spacial score (nSPS) is 11.3. The summed E-state index contributed by atoms with van der Waals surface area (Å²) in [6.07, 6.45) is 1.84. The Kier molecular flexibility index (Phi) is 7.70. The van der Waals surface area contributed by atoms with Gasteiger partial charge in [0.05, 0.1) is 13.2 Å². The van der Waals surface area contributed by atoms with Crippen LogP contribution in [0.15, 0.2) is 11.2 Å². The number of carbonyl (C=O) groups is 1. The minimum absolute atomic E-state index is 0.0482. The van der Waals surface area contributed by atoms with E-state index in [9.17, 15) is 4.79 Å². The smallest absolute Gasteiger partial charge is 0.243 e. The van der Waals surface area contributed by atoms with Crippen molar-refractivity contribution in [3.63, 3.8) is 0 Å². The topological polar surface area (TPSA) is 78.8 Å². The Morgan fingerprint density at radius 1 is 1.48 bits per heavy atom. The minimum atomic E-state index is -0.0482. The zero-order valence-corrected chi connectivity index (χ0v) is 13.8. The minimum Gasteiger partial charge on any atom is -0.383 e. The molecule has 0 aliphatic rings. The van der Waals surface area contributed by atoms with E-state index in [0.29, 0.717) is 25.7 Å². The molecule has 8 heteroatoms. The van der Waals surface area contributed by atoms with Crippen LogP contribution < -0.4 is 10.6 Å². The molecule has 1 aromatic heterocycles. The Hall–Kier alpha value is -1.67. The Morgan fingerprint density at radius 2 is 2.24 bits per heavy atom. The van der Waals surface area contributed by atoms with Crippen LogP contribution in [-0.4, -0.2) is 62.7 Å². The van der Waals surface area contributed by atoms with Crippen molar-refractivity contribution in [1.82, 2.24) is 20.5 Å². The van der Waals surface area contributed by atoms with Gasteiger partial charge in [-0.05, 0) is 6.92 Å². The maximum Gasteiger partial charge on any atom is 0.243 e. The number of ether oxygens (including phenoxy) is 1. The van der Waals surface area contributed by atoms with Gasteiger partial charge in [0.1, 0.15) is 11.6 Å². The van der Waals surface area contributed by atoms with E-state index in [0.717, 1.165) is 5.01 Å². The molecule has 0 atom stereocenters. The number of rotatable bonds is 7. The van der Waals surface area contributed by atoms with Gasteiger partial charge in [0, 0.05) is 38.8 Å². The molecule has 1 aromatic rings. The third-order valence-electron chi connectivity index (χ3n) is 2.55. The molecule has 118 valence electrons. The van der Waals surface area contributed by atoms with Crippen LogP contribution in [0, 0.1) is 6.92 Å². The van der Waals surface area contributed by atoms with Gasteiger partial charge in [0.2, 0.25) is 5.91 Å². The summed E-state index contributed by atoms with van der Waals surface area (Å²) in [5, 5.41) is 7.25. The summed E-state index contributed by atoms with van der Waals surface area (Å²) in [7, 11) is 5.06. The lowest BCUT2D eigenvalue weighted by molar-refractivity contribution is -0.127. The summed E-state index contributed by atoms with van der Waals surface area (Å²) in [5.41, 5.74) is 0. The molecule has 0 aromatic carbocycles. The maximum absolute atomic E-state index is 11.6. The molecule has 0 aliphatic carbocycles. The lowest BCUT2D eigenvalue weighted by Crippen LogP contribution is -2.39. The summed E-state index contributed by atoms with van der Waals surface area (Å²) < 4.78 is 4.99.